The number of hydrogen-bond acceptors (Lipinski definition) is 6. The lowest BCUT2D eigenvalue weighted by atomic mass is 10.0. The van der Waals surface area contributed by atoms with Gasteiger partial charge in [0.2, 0.25) is 0 Å². The van der Waals surface area contributed by atoms with E-state index in [-0.39, 0.29) is 18.8 Å². The van der Waals surface area contributed by atoms with E-state index in [2.05, 4.69) is 4.74 Å². The van der Waals surface area contributed by atoms with Crippen LogP contribution in [0.3, 0.4) is 0 Å². The third kappa shape index (κ3) is 8.30. The monoisotopic (exact) mass is 527 g/mol. The first-order chi connectivity index (χ1) is 17.6. The molecular weight excluding hydrogens is 494 g/mol. The molecule has 8 nitrogen and oxygen atoms in total. The Balaban J connectivity index is 1.84. The van der Waals surface area contributed by atoms with Gasteiger partial charge >= 0.3 is 11.9 Å². The SMILES string of the molecule is COC(=O)CCCOc1ccc(CC(C(=O)OC(C)(C)C)N(c2ccc3ccccc3c2)S(=O)O)cc1. The molecule has 198 valence electrons. The molecule has 0 spiro atoms. The molecule has 3 aromatic rings. The van der Waals surface area contributed by atoms with E-state index in [1.807, 2.05) is 30.3 Å². The largest absolute Gasteiger partial charge is 0.494 e. The maximum absolute atomic E-state index is 13.3. The van der Waals surface area contributed by atoms with Crippen LogP contribution >= 0.6 is 0 Å². The van der Waals surface area contributed by atoms with Crippen molar-refractivity contribution in [1.82, 2.24) is 0 Å². The summed E-state index contributed by atoms with van der Waals surface area (Å²) in [4.78, 5) is 24.5. The van der Waals surface area contributed by atoms with Crippen molar-refractivity contribution in [3.63, 3.8) is 0 Å². The van der Waals surface area contributed by atoms with E-state index in [1.54, 1.807) is 57.2 Å². The number of ether oxygens (including phenoxy) is 3. The lowest BCUT2D eigenvalue weighted by Gasteiger charge is -2.31. The summed E-state index contributed by atoms with van der Waals surface area (Å²) in [6.45, 7) is 5.62. The van der Waals surface area contributed by atoms with Crippen LogP contribution in [0.15, 0.2) is 66.7 Å². The number of esters is 2. The van der Waals surface area contributed by atoms with Crippen molar-refractivity contribution in [3.8, 4) is 5.75 Å². The summed E-state index contributed by atoms with van der Waals surface area (Å²) in [5.41, 5.74) is 0.415. The van der Waals surface area contributed by atoms with E-state index < -0.39 is 28.9 Å². The zero-order chi connectivity index (χ0) is 27.0. The van der Waals surface area contributed by atoms with Gasteiger partial charge in [-0.2, -0.15) is 0 Å². The van der Waals surface area contributed by atoms with Crippen LogP contribution in [0.25, 0.3) is 10.8 Å². The van der Waals surface area contributed by atoms with Gasteiger partial charge in [0.25, 0.3) is 11.3 Å². The fraction of sp³-hybridized carbons (Fsp3) is 0.357. The van der Waals surface area contributed by atoms with Gasteiger partial charge in [-0.15, -0.1) is 0 Å². The van der Waals surface area contributed by atoms with Gasteiger partial charge in [-0.3, -0.25) is 13.7 Å². The van der Waals surface area contributed by atoms with Crippen molar-refractivity contribution < 1.29 is 32.6 Å². The van der Waals surface area contributed by atoms with Crippen LogP contribution in [0, 0.1) is 0 Å². The smallest absolute Gasteiger partial charge is 0.330 e. The Hall–Kier alpha value is -3.43. The average molecular weight is 528 g/mol. The Labute approximate surface area is 219 Å². The van der Waals surface area contributed by atoms with Gasteiger partial charge in [0.1, 0.15) is 17.4 Å². The average Bonchev–Trinajstić information content (AvgIpc) is 2.85. The first-order valence-electron chi connectivity index (χ1n) is 12.0. The highest BCUT2D eigenvalue weighted by Crippen LogP contribution is 2.28. The minimum absolute atomic E-state index is 0.136. The summed E-state index contributed by atoms with van der Waals surface area (Å²) < 4.78 is 40.0. The third-order valence-electron chi connectivity index (χ3n) is 5.49. The van der Waals surface area contributed by atoms with Crippen LogP contribution < -0.4 is 9.04 Å². The fourth-order valence-corrected chi connectivity index (χ4v) is 4.45. The van der Waals surface area contributed by atoms with Crippen molar-refractivity contribution in [2.45, 2.75) is 51.7 Å². The van der Waals surface area contributed by atoms with Gasteiger partial charge in [-0.25, -0.2) is 9.00 Å². The van der Waals surface area contributed by atoms with Crippen molar-refractivity contribution >= 4 is 39.7 Å². The van der Waals surface area contributed by atoms with Crippen molar-refractivity contribution in [2.75, 3.05) is 18.0 Å². The van der Waals surface area contributed by atoms with E-state index in [9.17, 15) is 18.4 Å². The minimum atomic E-state index is -2.49. The van der Waals surface area contributed by atoms with Gasteiger partial charge < -0.3 is 14.2 Å². The van der Waals surface area contributed by atoms with Crippen LogP contribution in [-0.4, -0.2) is 46.1 Å². The molecule has 0 aliphatic rings. The highest BCUT2D eigenvalue weighted by atomic mass is 32.2. The molecule has 0 aliphatic heterocycles. The lowest BCUT2D eigenvalue weighted by molar-refractivity contribution is -0.156. The molecule has 3 aromatic carbocycles. The number of hydrogen-bond donors (Lipinski definition) is 1. The van der Waals surface area contributed by atoms with Crippen molar-refractivity contribution in [2.24, 2.45) is 0 Å². The van der Waals surface area contributed by atoms with Gasteiger partial charge in [-0.05, 0) is 67.8 Å². The second-order valence-corrected chi connectivity index (χ2v) is 10.4. The summed E-state index contributed by atoms with van der Waals surface area (Å²) in [5, 5.41) is 1.86. The molecule has 37 heavy (non-hydrogen) atoms. The van der Waals surface area contributed by atoms with E-state index >= 15 is 0 Å². The Morgan fingerprint density at radius 1 is 1.00 bits per heavy atom. The number of carbonyl (C=O) groups excluding carboxylic acids is 2. The zero-order valence-electron chi connectivity index (χ0n) is 21.5. The first kappa shape index (κ1) is 28.1. The molecule has 1 N–H and O–H groups in total. The van der Waals surface area contributed by atoms with Crippen LogP contribution in [0.4, 0.5) is 5.69 Å². The summed E-state index contributed by atoms with van der Waals surface area (Å²) in [6.07, 6.45) is 0.934. The first-order valence-corrected chi connectivity index (χ1v) is 13.0. The molecule has 0 bridgehead atoms. The predicted octanol–water partition coefficient (Wildman–Crippen LogP) is 5.07. The topological polar surface area (TPSA) is 102 Å². The number of rotatable bonds is 11. The number of anilines is 1. The number of methoxy groups -OCH3 is 1. The lowest BCUT2D eigenvalue weighted by Crippen LogP contribution is -2.46. The Morgan fingerprint density at radius 3 is 2.30 bits per heavy atom. The molecule has 0 saturated carbocycles. The Morgan fingerprint density at radius 2 is 1.68 bits per heavy atom. The van der Waals surface area contributed by atoms with E-state index in [1.165, 1.54) is 11.4 Å². The molecule has 0 heterocycles. The van der Waals surface area contributed by atoms with Gasteiger partial charge in [-0.1, -0.05) is 42.5 Å². The molecule has 0 aromatic heterocycles. The summed E-state index contributed by atoms with van der Waals surface area (Å²) in [5.74, 6) is -0.282. The third-order valence-corrected chi connectivity index (χ3v) is 6.29. The van der Waals surface area contributed by atoms with Gasteiger partial charge in [0.05, 0.1) is 19.4 Å². The minimum Gasteiger partial charge on any atom is -0.494 e. The Bertz CT molecular complexity index is 1240. The number of carbonyl (C=O) groups is 2. The summed E-state index contributed by atoms with van der Waals surface area (Å²) >= 11 is -2.49. The van der Waals surface area contributed by atoms with Gasteiger partial charge in [0, 0.05) is 12.8 Å². The number of fused-ring (bicyclic) bond motifs is 1. The van der Waals surface area contributed by atoms with Crippen LogP contribution in [0.2, 0.25) is 0 Å². The van der Waals surface area contributed by atoms with E-state index in [4.69, 9.17) is 9.47 Å². The van der Waals surface area contributed by atoms with E-state index in [0.717, 1.165) is 16.3 Å². The highest BCUT2D eigenvalue weighted by molar-refractivity contribution is 7.80. The molecule has 0 aliphatic carbocycles. The van der Waals surface area contributed by atoms with Crippen LogP contribution in [0.1, 0.15) is 39.2 Å². The van der Waals surface area contributed by atoms with Crippen LogP contribution in [-0.2, 0) is 36.8 Å². The summed E-state index contributed by atoms with van der Waals surface area (Å²) in [6, 6.07) is 19.1. The molecule has 3 rings (SSSR count). The summed E-state index contributed by atoms with van der Waals surface area (Å²) in [7, 11) is 1.35. The molecule has 0 fully saturated rings. The molecule has 0 radical (unpaired) electrons. The normalized spacial score (nSPS) is 13.0. The van der Waals surface area contributed by atoms with Crippen molar-refractivity contribution in [3.05, 3.63) is 72.3 Å². The number of benzene rings is 3. The molecule has 2 atom stereocenters. The predicted molar refractivity (Wildman–Crippen MR) is 144 cm³/mol. The molecule has 0 saturated heterocycles. The van der Waals surface area contributed by atoms with Crippen molar-refractivity contribution in [1.29, 1.82) is 0 Å². The number of nitrogens with zero attached hydrogens (tertiary/aromatic N) is 1. The fourth-order valence-electron chi connectivity index (χ4n) is 3.78. The standard InChI is InChI=1S/C28H33NO7S/c1-28(2,3)36-27(31)25(18-20-11-15-24(16-12-20)35-17-7-10-26(30)34-4)29(37(32)33)23-14-13-21-8-5-6-9-22(21)19-23/h5-6,8-9,11-16,19,25H,7,10,17-18H2,1-4H3,(H,32,33). The van der Waals surface area contributed by atoms with E-state index in [0.29, 0.717) is 24.5 Å². The second-order valence-electron chi connectivity index (χ2n) is 9.51. The maximum atomic E-state index is 13.3. The molecule has 2 unspecified atom stereocenters. The van der Waals surface area contributed by atoms with Crippen LogP contribution in [0.5, 0.6) is 5.75 Å². The zero-order valence-corrected chi connectivity index (χ0v) is 22.3. The van der Waals surface area contributed by atoms with Gasteiger partial charge in [0.15, 0.2) is 0 Å². The second kappa shape index (κ2) is 12.7. The molecule has 0 amide bonds. The quantitative estimate of drug-likeness (QED) is 0.211. The Kier molecular flexibility index (Phi) is 9.66. The highest BCUT2D eigenvalue weighted by Gasteiger charge is 2.34. The maximum Gasteiger partial charge on any atom is 0.330 e. The molecular formula is C28H33NO7S. The molecule has 9 heteroatoms.